The van der Waals surface area contributed by atoms with Crippen molar-refractivity contribution < 1.29 is 4.74 Å². The van der Waals surface area contributed by atoms with Gasteiger partial charge in [0.1, 0.15) is 0 Å². The molecule has 0 aromatic heterocycles. The van der Waals surface area contributed by atoms with Gasteiger partial charge in [-0.1, -0.05) is 25.7 Å². The van der Waals surface area contributed by atoms with E-state index in [1.807, 2.05) is 7.05 Å². The maximum Gasteiger partial charge on any atom is 0.193 e. The van der Waals surface area contributed by atoms with Crippen LogP contribution in [0, 0.1) is 11.8 Å². The standard InChI is InChI=1S/C18H33N3O/c1-19-18(20-11-8-15-6-7-15)21-12-9-17(10-13-21)22-14-16-4-2-3-5-16/h15-17H,2-14H2,1H3,(H,19,20). The zero-order valence-electron chi connectivity index (χ0n) is 14.2. The van der Waals surface area contributed by atoms with E-state index in [4.69, 9.17) is 4.74 Å². The summed E-state index contributed by atoms with van der Waals surface area (Å²) in [6.07, 6.45) is 12.5. The lowest BCUT2D eigenvalue weighted by Gasteiger charge is -2.34. The van der Waals surface area contributed by atoms with Crippen molar-refractivity contribution in [3.63, 3.8) is 0 Å². The average Bonchev–Trinajstić information content (AvgIpc) is 3.23. The lowest BCUT2D eigenvalue weighted by molar-refractivity contribution is 0.00102. The van der Waals surface area contributed by atoms with Gasteiger partial charge in [-0.2, -0.15) is 0 Å². The molecule has 3 aliphatic rings. The highest BCUT2D eigenvalue weighted by molar-refractivity contribution is 5.79. The normalized spacial score (nSPS) is 25.0. The maximum absolute atomic E-state index is 6.16. The van der Waals surface area contributed by atoms with Crippen molar-refractivity contribution in [2.75, 3.05) is 33.3 Å². The fraction of sp³-hybridized carbons (Fsp3) is 0.944. The first-order valence-electron chi connectivity index (χ1n) is 9.42. The summed E-state index contributed by atoms with van der Waals surface area (Å²) in [6, 6.07) is 0. The van der Waals surface area contributed by atoms with Crippen molar-refractivity contribution in [2.24, 2.45) is 16.8 Å². The van der Waals surface area contributed by atoms with Gasteiger partial charge in [0.2, 0.25) is 0 Å². The Labute approximate surface area is 135 Å². The van der Waals surface area contributed by atoms with Crippen LogP contribution in [-0.2, 0) is 4.74 Å². The first-order chi connectivity index (χ1) is 10.8. The Kier molecular flexibility index (Phi) is 5.99. The Morgan fingerprint density at radius 1 is 1.05 bits per heavy atom. The molecule has 1 N–H and O–H groups in total. The van der Waals surface area contributed by atoms with Crippen molar-refractivity contribution in [1.82, 2.24) is 10.2 Å². The van der Waals surface area contributed by atoms with Crippen LogP contribution in [0.1, 0.15) is 57.8 Å². The molecule has 0 atom stereocenters. The third-order valence-electron chi connectivity index (χ3n) is 5.53. The molecule has 2 saturated carbocycles. The Balaban J connectivity index is 1.32. The summed E-state index contributed by atoms with van der Waals surface area (Å²) in [5.41, 5.74) is 0. The number of likely N-dealkylation sites (tertiary alicyclic amines) is 1. The minimum atomic E-state index is 0.474. The van der Waals surface area contributed by atoms with Crippen LogP contribution in [0.5, 0.6) is 0 Å². The van der Waals surface area contributed by atoms with E-state index in [-0.39, 0.29) is 0 Å². The van der Waals surface area contributed by atoms with Gasteiger partial charge in [-0.25, -0.2) is 0 Å². The predicted octanol–water partition coefficient (Wildman–Crippen LogP) is 3.03. The fourth-order valence-electron chi connectivity index (χ4n) is 3.81. The van der Waals surface area contributed by atoms with Gasteiger partial charge in [0.15, 0.2) is 5.96 Å². The molecule has 0 radical (unpaired) electrons. The Bertz CT molecular complexity index is 353. The molecule has 3 rings (SSSR count). The minimum Gasteiger partial charge on any atom is -0.378 e. The molecule has 1 heterocycles. The molecule has 3 fully saturated rings. The molecule has 0 bridgehead atoms. The lowest BCUT2D eigenvalue weighted by Crippen LogP contribution is -2.47. The zero-order valence-corrected chi connectivity index (χ0v) is 14.2. The highest BCUT2D eigenvalue weighted by atomic mass is 16.5. The Hall–Kier alpha value is -0.770. The van der Waals surface area contributed by atoms with Crippen LogP contribution >= 0.6 is 0 Å². The third kappa shape index (κ3) is 4.87. The predicted molar refractivity (Wildman–Crippen MR) is 91.2 cm³/mol. The van der Waals surface area contributed by atoms with E-state index in [2.05, 4.69) is 15.2 Å². The number of rotatable bonds is 6. The van der Waals surface area contributed by atoms with Gasteiger partial charge < -0.3 is 15.0 Å². The van der Waals surface area contributed by atoms with Gasteiger partial charge in [-0.05, 0) is 43.9 Å². The second-order valence-electron chi connectivity index (χ2n) is 7.38. The molecule has 1 aliphatic heterocycles. The highest BCUT2D eigenvalue weighted by Gasteiger charge is 2.24. The number of guanidine groups is 1. The van der Waals surface area contributed by atoms with E-state index in [0.717, 1.165) is 56.9 Å². The second kappa shape index (κ2) is 8.19. The summed E-state index contributed by atoms with van der Waals surface area (Å²) >= 11 is 0. The number of hydrogen-bond acceptors (Lipinski definition) is 2. The largest absolute Gasteiger partial charge is 0.378 e. The molecule has 4 nitrogen and oxygen atoms in total. The number of nitrogens with zero attached hydrogens (tertiary/aromatic N) is 2. The molecule has 2 aliphatic carbocycles. The molecule has 0 amide bonds. The quantitative estimate of drug-likeness (QED) is 0.605. The lowest BCUT2D eigenvalue weighted by atomic mass is 10.1. The fourth-order valence-corrected chi connectivity index (χ4v) is 3.81. The SMILES string of the molecule is CN=C(NCCC1CC1)N1CCC(OCC2CCCC2)CC1. The van der Waals surface area contributed by atoms with Crippen molar-refractivity contribution in [3.05, 3.63) is 0 Å². The van der Waals surface area contributed by atoms with E-state index in [1.165, 1.54) is 44.9 Å². The van der Waals surface area contributed by atoms with Crippen molar-refractivity contribution in [1.29, 1.82) is 0 Å². The molecule has 0 unspecified atom stereocenters. The third-order valence-corrected chi connectivity index (χ3v) is 5.53. The summed E-state index contributed by atoms with van der Waals surface area (Å²) < 4.78 is 6.16. The van der Waals surface area contributed by atoms with Crippen LogP contribution < -0.4 is 5.32 Å². The number of aliphatic imine (C=N–C) groups is 1. The summed E-state index contributed by atoms with van der Waals surface area (Å²) in [7, 11) is 1.90. The molecule has 0 aromatic rings. The summed E-state index contributed by atoms with van der Waals surface area (Å²) in [5.74, 6) is 2.92. The van der Waals surface area contributed by atoms with Gasteiger partial charge in [0.25, 0.3) is 0 Å². The van der Waals surface area contributed by atoms with Gasteiger partial charge in [0.05, 0.1) is 6.10 Å². The van der Waals surface area contributed by atoms with Crippen LogP contribution in [-0.4, -0.2) is 50.3 Å². The molecule has 0 aromatic carbocycles. The van der Waals surface area contributed by atoms with Gasteiger partial charge in [-0.15, -0.1) is 0 Å². The second-order valence-corrected chi connectivity index (χ2v) is 7.38. The summed E-state index contributed by atoms with van der Waals surface area (Å²) in [6.45, 7) is 4.24. The minimum absolute atomic E-state index is 0.474. The molecule has 1 saturated heterocycles. The van der Waals surface area contributed by atoms with E-state index in [1.54, 1.807) is 0 Å². The van der Waals surface area contributed by atoms with E-state index in [0.29, 0.717) is 6.10 Å². The molecule has 4 heteroatoms. The molecular weight excluding hydrogens is 274 g/mol. The van der Waals surface area contributed by atoms with Gasteiger partial charge in [0, 0.05) is 33.3 Å². The Morgan fingerprint density at radius 2 is 1.77 bits per heavy atom. The maximum atomic E-state index is 6.16. The first kappa shape index (κ1) is 16.1. The highest BCUT2D eigenvalue weighted by Crippen LogP contribution is 2.31. The first-order valence-corrected chi connectivity index (χ1v) is 9.42. The Morgan fingerprint density at radius 3 is 2.41 bits per heavy atom. The van der Waals surface area contributed by atoms with Crippen molar-refractivity contribution in [2.45, 2.75) is 63.9 Å². The van der Waals surface area contributed by atoms with Gasteiger partial charge >= 0.3 is 0 Å². The van der Waals surface area contributed by atoms with Crippen LogP contribution in [0.3, 0.4) is 0 Å². The molecule has 22 heavy (non-hydrogen) atoms. The summed E-state index contributed by atoms with van der Waals surface area (Å²) in [5, 5.41) is 3.54. The zero-order chi connectivity index (χ0) is 15.2. The number of hydrogen-bond donors (Lipinski definition) is 1. The van der Waals surface area contributed by atoms with Crippen LogP contribution in [0.2, 0.25) is 0 Å². The molecular formula is C18H33N3O. The number of nitrogens with one attached hydrogen (secondary N) is 1. The molecule has 0 spiro atoms. The van der Waals surface area contributed by atoms with Crippen molar-refractivity contribution in [3.8, 4) is 0 Å². The van der Waals surface area contributed by atoms with Crippen LogP contribution in [0.25, 0.3) is 0 Å². The smallest absolute Gasteiger partial charge is 0.193 e. The average molecular weight is 307 g/mol. The van der Waals surface area contributed by atoms with Crippen LogP contribution in [0.4, 0.5) is 0 Å². The van der Waals surface area contributed by atoms with E-state index < -0.39 is 0 Å². The topological polar surface area (TPSA) is 36.9 Å². The summed E-state index contributed by atoms with van der Waals surface area (Å²) in [4.78, 5) is 6.86. The van der Waals surface area contributed by atoms with E-state index in [9.17, 15) is 0 Å². The van der Waals surface area contributed by atoms with E-state index >= 15 is 0 Å². The number of ether oxygens (including phenoxy) is 1. The van der Waals surface area contributed by atoms with Gasteiger partial charge in [-0.3, -0.25) is 4.99 Å². The van der Waals surface area contributed by atoms with Crippen LogP contribution in [0.15, 0.2) is 4.99 Å². The molecule has 126 valence electrons. The monoisotopic (exact) mass is 307 g/mol. The van der Waals surface area contributed by atoms with Crippen molar-refractivity contribution >= 4 is 5.96 Å². The number of piperidine rings is 1.